The lowest BCUT2D eigenvalue weighted by Crippen LogP contribution is -2.51. The molecule has 1 aliphatic heterocycles. The standard InChI is InChI=1S/C17H19F3N2O2/c1-21-13-8-4-5-9-14(13)22(10-15(21)23)16(24)11-6-2-3-7-12(11)17(18,19)20/h4-5,8-9,11-12H,2-3,6-7,10H2,1H3/t11-,12-/m0/s1. The van der Waals surface area contributed by atoms with Gasteiger partial charge in [-0.3, -0.25) is 9.59 Å². The third-order valence-electron chi connectivity index (χ3n) is 4.97. The highest BCUT2D eigenvalue weighted by Crippen LogP contribution is 2.43. The van der Waals surface area contributed by atoms with E-state index >= 15 is 0 Å². The van der Waals surface area contributed by atoms with Crippen LogP contribution >= 0.6 is 0 Å². The van der Waals surface area contributed by atoms with E-state index in [-0.39, 0.29) is 25.3 Å². The van der Waals surface area contributed by atoms with E-state index < -0.39 is 23.9 Å². The van der Waals surface area contributed by atoms with Crippen LogP contribution in [0.4, 0.5) is 24.5 Å². The average molecular weight is 340 g/mol. The van der Waals surface area contributed by atoms with Gasteiger partial charge in [0.2, 0.25) is 11.8 Å². The Morgan fingerprint density at radius 2 is 1.75 bits per heavy atom. The third-order valence-corrected chi connectivity index (χ3v) is 4.97. The lowest BCUT2D eigenvalue weighted by Gasteiger charge is -2.39. The molecule has 0 saturated heterocycles. The van der Waals surface area contributed by atoms with Gasteiger partial charge in [0.1, 0.15) is 6.54 Å². The number of nitrogens with zero attached hydrogens (tertiary/aromatic N) is 2. The predicted molar refractivity (Wildman–Crippen MR) is 83.7 cm³/mol. The normalized spacial score (nSPS) is 24.8. The number of benzene rings is 1. The summed E-state index contributed by atoms with van der Waals surface area (Å²) >= 11 is 0. The molecule has 1 aromatic rings. The SMILES string of the molecule is CN1C(=O)CN(C(=O)[C@H]2CCCC[C@@H]2C(F)(F)F)c2ccccc21. The number of carbonyl (C=O) groups excluding carboxylic acids is 2. The fraction of sp³-hybridized carbons (Fsp3) is 0.529. The van der Waals surface area contributed by atoms with E-state index in [1.165, 1.54) is 9.80 Å². The molecule has 0 spiro atoms. The Bertz CT molecular complexity index is 659. The van der Waals surface area contributed by atoms with Gasteiger partial charge < -0.3 is 9.80 Å². The molecule has 1 saturated carbocycles. The van der Waals surface area contributed by atoms with Gasteiger partial charge in [0.15, 0.2) is 0 Å². The highest BCUT2D eigenvalue weighted by atomic mass is 19.4. The molecule has 7 heteroatoms. The number of halogens is 3. The highest BCUT2D eigenvalue weighted by Gasteiger charge is 2.49. The quantitative estimate of drug-likeness (QED) is 0.786. The van der Waals surface area contributed by atoms with E-state index in [0.717, 1.165) is 0 Å². The van der Waals surface area contributed by atoms with Gasteiger partial charge in [-0.25, -0.2) is 0 Å². The second kappa shape index (κ2) is 6.11. The van der Waals surface area contributed by atoms with Crippen molar-refractivity contribution in [1.29, 1.82) is 0 Å². The van der Waals surface area contributed by atoms with Crippen molar-refractivity contribution in [2.24, 2.45) is 11.8 Å². The molecule has 2 atom stereocenters. The Hall–Kier alpha value is -2.05. The number of likely N-dealkylation sites (N-methyl/N-ethyl adjacent to an activating group) is 1. The summed E-state index contributed by atoms with van der Waals surface area (Å²) in [6.45, 7) is -0.215. The van der Waals surface area contributed by atoms with Crippen LogP contribution in [-0.4, -0.2) is 31.6 Å². The molecule has 1 aromatic carbocycles. The average Bonchev–Trinajstić information content (AvgIpc) is 2.57. The summed E-state index contributed by atoms with van der Waals surface area (Å²) in [5, 5.41) is 0. The van der Waals surface area contributed by atoms with Crippen LogP contribution in [0.3, 0.4) is 0 Å². The van der Waals surface area contributed by atoms with Gasteiger partial charge in [-0.2, -0.15) is 13.2 Å². The van der Waals surface area contributed by atoms with E-state index in [4.69, 9.17) is 0 Å². The zero-order chi connectivity index (χ0) is 17.5. The number of para-hydroxylation sites is 2. The van der Waals surface area contributed by atoms with E-state index in [1.54, 1.807) is 31.3 Å². The third kappa shape index (κ3) is 2.87. The van der Waals surface area contributed by atoms with Crippen LogP contribution in [0.5, 0.6) is 0 Å². The minimum atomic E-state index is -4.39. The molecule has 24 heavy (non-hydrogen) atoms. The maximum atomic E-state index is 13.3. The molecule has 4 nitrogen and oxygen atoms in total. The van der Waals surface area contributed by atoms with Crippen LogP contribution in [0, 0.1) is 11.8 Å². The van der Waals surface area contributed by atoms with Crippen molar-refractivity contribution < 1.29 is 22.8 Å². The first-order valence-corrected chi connectivity index (χ1v) is 8.04. The molecular weight excluding hydrogens is 321 g/mol. The number of hydrogen-bond donors (Lipinski definition) is 0. The van der Waals surface area contributed by atoms with Crippen LogP contribution in [-0.2, 0) is 9.59 Å². The molecule has 0 N–H and O–H groups in total. The Labute approximate surface area is 138 Å². The summed E-state index contributed by atoms with van der Waals surface area (Å²) in [6, 6.07) is 6.80. The van der Waals surface area contributed by atoms with Crippen LogP contribution in [0.15, 0.2) is 24.3 Å². The number of amides is 2. The van der Waals surface area contributed by atoms with E-state index in [9.17, 15) is 22.8 Å². The predicted octanol–water partition coefficient (Wildman–Crippen LogP) is 3.36. The molecule has 2 aliphatic rings. The van der Waals surface area contributed by atoms with E-state index in [1.807, 2.05) is 0 Å². The summed E-state index contributed by atoms with van der Waals surface area (Å²) < 4.78 is 39.9. The highest BCUT2D eigenvalue weighted by molar-refractivity contribution is 6.11. The van der Waals surface area contributed by atoms with E-state index in [2.05, 4.69) is 0 Å². The summed E-state index contributed by atoms with van der Waals surface area (Å²) in [5.74, 6) is -3.63. The van der Waals surface area contributed by atoms with Gasteiger partial charge in [-0.1, -0.05) is 25.0 Å². The number of fused-ring (bicyclic) bond motifs is 1. The lowest BCUT2D eigenvalue weighted by molar-refractivity contribution is -0.197. The molecular formula is C17H19F3N2O2. The Balaban J connectivity index is 1.94. The van der Waals surface area contributed by atoms with Crippen LogP contribution in [0.25, 0.3) is 0 Å². The molecule has 3 rings (SSSR count). The Morgan fingerprint density at radius 1 is 1.12 bits per heavy atom. The van der Waals surface area contributed by atoms with Crippen molar-refractivity contribution in [2.45, 2.75) is 31.9 Å². The minimum Gasteiger partial charge on any atom is -0.312 e. The summed E-state index contributed by atoms with van der Waals surface area (Å²) in [5.41, 5.74) is 1.04. The van der Waals surface area contributed by atoms with Crippen LogP contribution in [0.1, 0.15) is 25.7 Å². The number of carbonyl (C=O) groups is 2. The molecule has 0 radical (unpaired) electrons. The van der Waals surface area contributed by atoms with Gasteiger partial charge >= 0.3 is 6.18 Å². The van der Waals surface area contributed by atoms with Crippen molar-refractivity contribution in [1.82, 2.24) is 0 Å². The zero-order valence-electron chi connectivity index (χ0n) is 13.3. The van der Waals surface area contributed by atoms with Crippen molar-refractivity contribution in [3.05, 3.63) is 24.3 Å². The van der Waals surface area contributed by atoms with Gasteiger partial charge in [0.25, 0.3) is 0 Å². The number of alkyl halides is 3. The first kappa shape index (κ1) is 16.8. The Kier molecular flexibility index (Phi) is 4.27. The van der Waals surface area contributed by atoms with E-state index in [0.29, 0.717) is 24.2 Å². The van der Waals surface area contributed by atoms with Crippen LogP contribution < -0.4 is 9.80 Å². The van der Waals surface area contributed by atoms with Crippen molar-refractivity contribution in [3.63, 3.8) is 0 Å². The number of rotatable bonds is 1. The molecule has 1 aliphatic carbocycles. The first-order chi connectivity index (χ1) is 11.3. The molecule has 0 bridgehead atoms. The molecule has 0 unspecified atom stereocenters. The monoisotopic (exact) mass is 340 g/mol. The zero-order valence-corrected chi connectivity index (χ0v) is 13.3. The maximum absolute atomic E-state index is 13.3. The number of anilines is 2. The first-order valence-electron chi connectivity index (χ1n) is 8.04. The summed E-state index contributed by atoms with van der Waals surface area (Å²) in [7, 11) is 1.60. The molecule has 1 heterocycles. The second-order valence-electron chi connectivity index (χ2n) is 6.40. The van der Waals surface area contributed by atoms with Gasteiger partial charge in [0, 0.05) is 13.0 Å². The van der Waals surface area contributed by atoms with Gasteiger partial charge in [0.05, 0.1) is 17.3 Å². The maximum Gasteiger partial charge on any atom is 0.392 e. The van der Waals surface area contributed by atoms with Crippen molar-refractivity contribution in [2.75, 3.05) is 23.4 Å². The lowest BCUT2D eigenvalue weighted by atomic mass is 9.77. The minimum absolute atomic E-state index is 0.0246. The second-order valence-corrected chi connectivity index (χ2v) is 6.40. The van der Waals surface area contributed by atoms with Gasteiger partial charge in [-0.15, -0.1) is 0 Å². The molecule has 130 valence electrons. The topological polar surface area (TPSA) is 40.6 Å². The molecule has 0 aromatic heterocycles. The largest absolute Gasteiger partial charge is 0.392 e. The van der Waals surface area contributed by atoms with Crippen molar-refractivity contribution >= 4 is 23.2 Å². The number of hydrogen-bond acceptors (Lipinski definition) is 2. The Morgan fingerprint density at radius 3 is 2.42 bits per heavy atom. The fourth-order valence-corrected chi connectivity index (χ4v) is 3.65. The fourth-order valence-electron chi connectivity index (χ4n) is 3.65. The molecule has 2 amide bonds. The van der Waals surface area contributed by atoms with Crippen LogP contribution in [0.2, 0.25) is 0 Å². The smallest absolute Gasteiger partial charge is 0.312 e. The summed E-state index contributed by atoms with van der Waals surface area (Å²) in [6.07, 6.45) is -3.12. The van der Waals surface area contributed by atoms with Crippen molar-refractivity contribution in [3.8, 4) is 0 Å². The molecule has 1 fully saturated rings. The summed E-state index contributed by atoms with van der Waals surface area (Å²) in [4.78, 5) is 27.7. The van der Waals surface area contributed by atoms with Gasteiger partial charge in [-0.05, 0) is 25.0 Å².